The molecule has 0 bridgehead atoms. The number of carbonyl (C=O) groups is 1. The fourth-order valence-corrected chi connectivity index (χ4v) is 9.19. The summed E-state index contributed by atoms with van der Waals surface area (Å²) in [4.78, 5) is 12.4. The smallest absolute Gasteiger partial charge is 0.309 e. The maximum atomic E-state index is 12.4. The topological polar surface area (TPSA) is 35.5 Å². The molecular weight excluding hydrogens is 456 g/mol. The van der Waals surface area contributed by atoms with Crippen molar-refractivity contribution in [3.63, 3.8) is 0 Å². The van der Waals surface area contributed by atoms with Crippen molar-refractivity contribution in [1.82, 2.24) is 0 Å². The molecule has 1 saturated heterocycles. The van der Waals surface area contributed by atoms with Gasteiger partial charge in [0, 0.05) is 11.8 Å². The first-order chi connectivity index (χ1) is 14.3. The van der Waals surface area contributed by atoms with E-state index in [-0.39, 0.29) is 23.0 Å². The van der Waals surface area contributed by atoms with Crippen molar-refractivity contribution in [2.45, 2.75) is 44.8 Å². The van der Waals surface area contributed by atoms with Crippen molar-refractivity contribution in [2.75, 3.05) is 11.9 Å². The van der Waals surface area contributed by atoms with Gasteiger partial charge >= 0.3 is 5.97 Å². The first-order valence-corrected chi connectivity index (χ1v) is 13.5. The standard InChI is InChI=1S/C25H31BrO3Si/c1-19(17-26)15-20-16-21(29-24(20)27)18-28-30(25(2,3)4,22-11-7-5-8-12-22)23-13-9-6-10-14-23/h5-14,20-21H,1,15-18H2,2-4H3/t20-,21-/m0/s1. The number of cyclic esters (lactones) is 1. The molecule has 0 spiro atoms. The number of ether oxygens (including phenoxy) is 1. The average Bonchev–Trinajstić information content (AvgIpc) is 3.08. The number of rotatable bonds is 8. The summed E-state index contributed by atoms with van der Waals surface area (Å²) < 4.78 is 12.6. The van der Waals surface area contributed by atoms with E-state index in [1.54, 1.807) is 0 Å². The van der Waals surface area contributed by atoms with Crippen LogP contribution in [0.4, 0.5) is 0 Å². The SMILES string of the molecule is C=C(CBr)C[C@H]1C[C@@H](CO[Si](c2ccccc2)(c2ccccc2)C(C)(C)C)OC1=O. The van der Waals surface area contributed by atoms with Gasteiger partial charge in [-0.15, -0.1) is 0 Å². The zero-order valence-electron chi connectivity index (χ0n) is 18.1. The number of alkyl halides is 1. The van der Waals surface area contributed by atoms with E-state index >= 15 is 0 Å². The fraction of sp³-hybridized carbons (Fsp3) is 0.400. The molecule has 0 N–H and O–H groups in total. The molecule has 3 nitrogen and oxygen atoms in total. The Hall–Kier alpha value is -1.69. The monoisotopic (exact) mass is 486 g/mol. The average molecular weight is 488 g/mol. The second kappa shape index (κ2) is 9.63. The maximum absolute atomic E-state index is 12.4. The van der Waals surface area contributed by atoms with Crippen LogP contribution >= 0.6 is 15.9 Å². The number of halogens is 1. The summed E-state index contributed by atoms with van der Waals surface area (Å²) in [5, 5.41) is 3.08. The number of hydrogen-bond acceptors (Lipinski definition) is 3. The highest BCUT2D eigenvalue weighted by atomic mass is 79.9. The van der Waals surface area contributed by atoms with E-state index < -0.39 is 8.32 Å². The number of esters is 1. The van der Waals surface area contributed by atoms with Gasteiger partial charge in [0.05, 0.1) is 12.5 Å². The lowest BCUT2D eigenvalue weighted by atomic mass is 9.98. The van der Waals surface area contributed by atoms with Gasteiger partial charge in [0.25, 0.3) is 8.32 Å². The van der Waals surface area contributed by atoms with Crippen molar-refractivity contribution in [1.29, 1.82) is 0 Å². The van der Waals surface area contributed by atoms with Gasteiger partial charge in [0.2, 0.25) is 0 Å². The third-order valence-corrected chi connectivity index (χ3v) is 11.6. The van der Waals surface area contributed by atoms with Crippen molar-refractivity contribution in [3.8, 4) is 0 Å². The highest BCUT2D eigenvalue weighted by Crippen LogP contribution is 2.37. The molecule has 30 heavy (non-hydrogen) atoms. The molecule has 1 fully saturated rings. The quantitative estimate of drug-likeness (QED) is 0.232. The Morgan fingerprint density at radius 2 is 1.63 bits per heavy atom. The molecule has 160 valence electrons. The summed E-state index contributed by atoms with van der Waals surface area (Å²) in [5.74, 6) is -0.254. The summed E-state index contributed by atoms with van der Waals surface area (Å²) in [6.45, 7) is 11.2. The van der Waals surface area contributed by atoms with Crippen LogP contribution in [0.15, 0.2) is 72.8 Å². The maximum Gasteiger partial charge on any atom is 0.309 e. The van der Waals surface area contributed by atoms with Gasteiger partial charge < -0.3 is 9.16 Å². The molecule has 0 radical (unpaired) electrons. The van der Waals surface area contributed by atoms with Crippen molar-refractivity contribution in [2.24, 2.45) is 5.92 Å². The summed E-state index contributed by atoms with van der Waals surface area (Å²) in [7, 11) is -2.62. The molecule has 3 rings (SSSR count). The minimum atomic E-state index is -2.62. The van der Waals surface area contributed by atoms with Crippen molar-refractivity contribution >= 4 is 40.6 Å². The minimum absolute atomic E-state index is 0.0953. The van der Waals surface area contributed by atoms with E-state index in [4.69, 9.17) is 9.16 Å². The highest BCUT2D eigenvalue weighted by Gasteiger charge is 2.51. The van der Waals surface area contributed by atoms with E-state index in [1.165, 1.54) is 10.4 Å². The van der Waals surface area contributed by atoms with Gasteiger partial charge in [0.1, 0.15) is 6.10 Å². The van der Waals surface area contributed by atoms with Gasteiger partial charge in [-0.3, -0.25) is 4.79 Å². The van der Waals surface area contributed by atoms with E-state index in [1.807, 2.05) is 12.1 Å². The van der Waals surface area contributed by atoms with Crippen LogP contribution in [0.1, 0.15) is 33.6 Å². The lowest BCUT2D eigenvalue weighted by Gasteiger charge is -2.43. The molecule has 0 amide bonds. The van der Waals surface area contributed by atoms with E-state index in [2.05, 4.69) is 91.8 Å². The molecule has 1 heterocycles. The van der Waals surface area contributed by atoms with Crippen LogP contribution in [0.25, 0.3) is 0 Å². The molecule has 0 aromatic heterocycles. The molecule has 2 aromatic rings. The summed E-state index contributed by atoms with van der Waals surface area (Å²) in [6, 6.07) is 21.1. The second-order valence-corrected chi connectivity index (χ2v) is 13.9. The molecular formula is C25H31BrO3Si. The summed E-state index contributed by atoms with van der Waals surface area (Å²) in [6.07, 6.45) is 1.13. The highest BCUT2D eigenvalue weighted by molar-refractivity contribution is 9.09. The Morgan fingerprint density at radius 1 is 1.10 bits per heavy atom. The van der Waals surface area contributed by atoms with Crippen LogP contribution in [-0.2, 0) is 14.0 Å². The third kappa shape index (κ3) is 4.79. The second-order valence-electron chi connectivity index (χ2n) is 9.05. The molecule has 5 heteroatoms. The molecule has 0 aliphatic carbocycles. The van der Waals surface area contributed by atoms with Crippen LogP contribution in [0, 0.1) is 5.92 Å². The Labute approximate surface area is 189 Å². The minimum Gasteiger partial charge on any atom is -0.460 e. The van der Waals surface area contributed by atoms with Gasteiger partial charge in [-0.25, -0.2) is 0 Å². The zero-order valence-corrected chi connectivity index (χ0v) is 20.7. The fourth-order valence-electron chi connectivity index (χ4n) is 4.37. The number of carbonyl (C=O) groups excluding carboxylic acids is 1. The number of benzene rings is 2. The van der Waals surface area contributed by atoms with Gasteiger partial charge in [-0.2, -0.15) is 0 Å². The predicted octanol–water partition coefficient (Wildman–Crippen LogP) is 4.84. The van der Waals surface area contributed by atoms with Crippen molar-refractivity contribution in [3.05, 3.63) is 72.8 Å². The molecule has 0 saturated carbocycles. The van der Waals surface area contributed by atoms with Crippen LogP contribution in [0.5, 0.6) is 0 Å². The van der Waals surface area contributed by atoms with Crippen LogP contribution in [0.2, 0.25) is 5.04 Å². The van der Waals surface area contributed by atoms with Crippen LogP contribution in [-0.4, -0.2) is 32.3 Å². The Bertz CT molecular complexity index is 821. The molecule has 2 aromatic carbocycles. The van der Waals surface area contributed by atoms with Crippen LogP contribution < -0.4 is 10.4 Å². The van der Waals surface area contributed by atoms with Gasteiger partial charge in [0.15, 0.2) is 0 Å². The molecule has 1 aliphatic rings. The van der Waals surface area contributed by atoms with Gasteiger partial charge in [-0.1, -0.05) is 110 Å². The first-order valence-electron chi connectivity index (χ1n) is 10.5. The lowest BCUT2D eigenvalue weighted by molar-refractivity contribution is -0.145. The van der Waals surface area contributed by atoms with Crippen molar-refractivity contribution < 1.29 is 14.0 Å². The van der Waals surface area contributed by atoms with E-state index in [0.29, 0.717) is 24.8 Å². The first kappa shape index (κ1) is 23.0. The molecule has 2 atom stereocenters. The Morgan fingerprint density at radius 3 is 2.10 bits per heavy atom. The summed E-state index contributed by atoms with van der Waals surface area (Å²) >= 11 is 3.42. The number of allylic oxidation sites excluding steroid dienone is 1. The largest absolute Gasteiger partial charge is 0.460 e. The Balaban J connectivity index is 1.89. The summed E-state index contributed by atoms with van der Waals surface area (Å²) in [5.41, 5.74) is 1.02. The molecule has 0 unspecified atom stereocenters. The van der Waals surface area contributed by atoms with E-state index in [9.17, 15) is 4.79 Å². The molecule has 1 aliphatic heterocycles. The van der Waals surface area contributed by atoms with Crippen LogP contribution in [0.3, 0.4) is 0 Å². The number of hydrogen-bond donors (Lipinski definition) is 0. The Kier molecular flexibility index (Phi) is 7.37. The van der Waals surface area contributed by atoms with Gasteiger partial charge in [-0.05, 0) is 21.8 Å². The zero-order chi connectivity index (χ0) is 21.8. The third-order valence-electron chi connectivity index (χ3n) is 5.79. The normalized spacial score (nSPS) is 19.5. The lowest BCUT2D eigenvalue weighted by Crippen LogP contribution is -2.67. The van der Waals surface area contributed by atoms with E-state index in [0.717, 1.165) is 5.57 Å². The predicted molar refractivity (Wildman–Crippen MR) is 129 cm³/mol.